The van der Waals surface area contributed by atoms with E-state index in [0.29, 0.717) is 39.5 Å². The van der Waals surface area contributed by atoms with Gasteiger partial charge in [-0.2, -0.15) is 0 Å². The molecule has 2 aromatic carbocycles. The van der Waals surface area contributed by atoms with Gasteiger partial charge >= 0.3 is 0 Å². The zero-order valence-electron chi connectivity index (χ0n) is 13.1. The van der Waals surface area contributed by atoms with Crippen LogP contribution in [0.3, 0.4) is 0 Å². The third kappa shape index (κ3) is 2.50. The van der Waals surface area contributed by atoms with Crippen molar-refractivity contribution in [2.45, 2.75) is 0 Å². The lowest BCUT2D eigenvalue weighted by Gasteiger charge is -2.11. The summed E-state index contributed by atoms with van der Waals surface area (Å²) < 4.78 is 21.8. The monoisotopic (exact) mass is 312 g/mol. The molecule has 0 amide bonds. The number of rotatable bonds is 4. The standard InChI is InChI=1S/C18H16O5/c1-20-13-7-5-4-6-11(13)16-10-12(19)17-14(23-16)8-9-15(21-2)18(17)22-3/h4-10H,1-3H3. The van der Waals surface area contributed by atoms with E-state index in [0.717, 1.165) is 0 Å². The molecule has 0 unspecified atom stereocenters. The molecule has 23 heavy (non-hydrogen) atoms. The van der Waals surface area contributed by atoms with E-state index in [2.05, 4.69) is 0 Å². The summed E-state index contributed by atoms with van der Waals surface area (Å²) >= 11 is 0. The fourth-order valence-corrected chi connectivity index (χ4v) is 2.55. The quantitative estimate of drug-likeness (QED) is 0.738. The first kappa shape index (κ1) is 15.0. The third-order valence-corrected chi connectivity index (χ3v) is 3.61. The zero-order valence-corrected chi connectivity index (χ0v) is 13.1. The maximum Gasteiger partial charge on any atom is 0.197 e. The first-order chi connectivity index (χ1) is 11.2. The molecular formula is C18H16O5. The smallest absolute Gasteiger partial charge is 0.197 e. The Bertz CT molecular complexity index is 911. The molecule has 0 atom stereocenters. The van der Waals surface area contributed by atoms with Gasteiger partial charge in [-0.15, -0.1) is 0 Å². The highest BCUT2D eigenvalue weighted by atomic mass is 16.5. The van der Waals surface area contributed by atoms with Gasteiger partial charge in [0.05, 0.1) is 26.9 Å². The van der Waals surface area contributed by atoms with Crippen LogP contribution >= 0.6 is 0 Å². The Morgan fingerprint density at radius 3 is 2.30 bits per heavy atom. The molecule has 0 spiro atoms. The third-order valence-electron chi connectivity index (χ3n) is 3.61. The summed E-state index contributed by atoms with van der Waals surface area (Å²) in [7, 11) is 4.59. The fraction of sp³-hybridized carbons (Fsp3) is 0.167. The second-order valence-corrected chi connectivity index (χ2v) is 4.85. The first-order valence-corrected chi connectivity index (χ1v) is 7.01. The van der Waals surface area contributed by atoms with E-state index in [1.807, 2.05) is 24.3 Å². The Hall–Kier alpha value is -2.95. The molecule has 3 rings (SSSR count). The van der Waals surface area contributed by atoms with Crippen LogP contribution in [0.15, 0.2) is 51.7 Å². The minimum absolute atomic E-state index is 0.206. The lowest BCUT2D eigenvalue weighted by Crippen LogP contribution is -2.04. The van der Waals surface area contributed by atoms with Crippen LogP contribution in [0, 0.1) is 0 Å². The summed E-state index contributed by atoms with van der Waals surface area (Å²) in [6, 6.07) is 12.2. The number of hydrogen-bond donors (Lipinski definition) is 0. The SMILES string of the molecule is COc1ccccc1-c1cc(=O)c2c(OC)c(OC)ccc2o1. The Labute approximate surface area is 133 Å². The van der Waals surface area contributed by atoms with Crippen molar-refractivity contribution in [3.63, 3.8) is 0 Å². The Balaban J connectivity index is 2.30. The van der Waals surface area contributed by atoms with Crippen molar-refractivity contribution in [3.8, 4) is 28.6 Å². The molecule has 5 nitrogen and oxygen atoms in total. The van der Waals surface area contributed by atoms with Gasteiger partial charge in [-0.25, -0.2) is 0 Å². The van der Waals surface area contributed by atoms with E-state index in [-0.39, 0.29) is 5.43 Å². The van der Waals surface area contributed by atoms with Crippen LogP contribution in [0.25, 0.3) is 22.3 Å². The highest BCUT2D eigenvalue weighted by Gasteiger charge is 2.16. The van der Waals surface area contributed by atoms with Crippen LogP contribution in [-0.2, 0) is 0 Å². The van der Waals surface area contributed by atoms with Crippen LogP contribution in [-0.4, -0.2) is 21.3 Å². The van der Waals surface area contributed by atoms with Gasteiger partial charge in [-0.05, 0) is 24.3 Å². The van der Waals surface area contributed by atoms with E-state index < -0.39 is 0 Å². The van der Waals surface area contributed by atoms with Gasteiger partial charge in [0.1, 0.15) is 22.5 Å². The number of hydrogen-bond acceptors (Lipinski definition) is 5. The number of fused-ring (bicyclic) bond motifs is 1. The van der Waals surface area contributed by atoms with Crippen molar-refractivity contribution in [2.24, 2.45) is 0 Å². The topological polar surface area (TPSA) is 57.9 Å². The molecule has 118 valence electrons. The van der Waals surface area contributed by atoms with Gasteiger partial charge in [-0.3, -0.25) is 4.79 Å². The van der Waals surface area contributed by atoms with E-state index >= 15 is 0 Å². The highest BCUT2D eigenvalue weighted by Crippen LogP contribution is 2.36. The molecule has 0 saturated carbocycles. The van der Waals surface area contributed by atoms with Gasteiger partial charge in [0, 0.05) is 6.07 Å². The molecular weight excluding hydrogens is 296 g/mol. The number of methoxy groups -OCH3 is 3. The van der Waals surface area contributed by atoms with Crippen molar-refractivity contribution in [3.05, 3.63) is 52.7 Å². The predicted molar refractivity (Wildman–Crippen MR) is 87.6 cm³/mol. The summed E-state index contributed by atoms with van der Waals surface area (Å²) in [6.07, 6.45) is 0. The van der Waals surface area contributed by atoms with Gasteiger partial charge in [-0.1, -0.05) is 12.1 Å². The zero-order chi connectivity index (χ0) is 16.4. The maximum atomic E-state index is 12.6. The van der Waals surface area contributed by atoms with E-state index in [1.165, 1.54) is 20.3 Å². The number of ether oxygens (including phenoxy) is 3. The Kier molecular flexibility index (Phi) is 3.93. The Morgan fingerprint density at radius 1 is 0.870 bits per heavy atom. The van der Waals surface area contributed by atoms with Crippen LogP contribution in [0.4, 0.5) is 0 Å². The highest BCUT2D eigenvalue weighted by molar-refractivity contribution is 5.87. The first-order valence-electron chi connectivity index (χ1n) is 7.01. The van der Waals surface area contributed by atoms with Crippen molar-refractivity contribution >= 4 is 11.0 Å². The largest absolute Gasteiger partial charge is 0.496 e. The molecule has 0 bridgehead atoms. The summed E-state index contributed by atoms with van der Waals surface area (Å²) in [5.74, 6) is 1.92. The van der Waals surface area contributed by atoms with Gasteiger partial charge in [0.25, 0.3) is 0 Å². The summed E-state index contributed by atoms with van der Waals surface area (Å²) in [5, 5.41) is 0.352. The second kappa shape index (κ2) is 6.04. The number of para-hydroxylation sites is 1. The molecule has 0 saturated heterocycles. The lowest BCUT2D eigenvalue weighted by atomic mass is 10.1. The van der Waals surface area contributed by atoms with Gasteiger partial charge in [0.15, 0.2) is 16.9 Å². The molecule has 0 N–H and O–H groups in total. The van der Waals surface area contributed by atoms with Crippen molar-refractivity contribution in [1.82, 2.24) is 0 Å². The van der Waals surface area contributed by atoms with Gasteiger partial charge < -0.3 is 18.6 Å². The van der Waals surface area contributed by atoms with Crippen LogP contribution in [0.1, 0.15) is 0 Å². The molecule has 5 heteroatoms. The Morgan fingerprint density at radius 2 is 1.61 bits per heavy atom. The summed E-state index contributed by atoms with van der Waals surface area (Å²) in [5.41, 5.74) is 0.933. The lowest BCUT2D eigenvalue weighted by molar-refractivity contribution is 0.358. The minimum atomic E-state index is -0.206. The average Bonchev–Trinajstić information content (AvgIpc) is 2.60. The van der Waals surface area contributed by atoms with E-state index in [1.54, 1.807) is 19.2 Å². The molecule has 0 radical (unpaired) electrons. The molecule has 0 aliphatic carbocycles. The molecule has 1 aromatic heterocycles. The average molecular weight is 312 g/mol. The molecule has 1 heterocycles. The maximum absolute atomic E-state index is 12.6. The van der Waals surface area contributed by atoms with Crippen LogP contribution < -0.4 is 19.6 Å². The van der Waals surface area contributed by atoms with Crippen molar-refractivity contribution < 1.29 is 18.6 Å². The number of benzene rings is 2. The molecule has 0 aliphatic rings. The summed E-state index contributed by atoms with van der Waals surface area (Å²) in [4.78, 5) is 12.6. The molecule has 0 fully saturated rings. The van der Waals surface area contributed by atoms with Crippen LogP contribution in [0.5, 0.6) is 17.2 Å². The minimum Gasteiger partial charge on any atom is -0.496 e. The predicted octanol–water partition coefficient (Wildman–Crippen LogP) is 3.49. The van der Waals surface area contributed by atoms with Crippen LogP contribution in [0.2, 0.25) is 0 Å². The van der Waals surface area contributed by atoms with E-state index in [4.69, 9.17) is 18.6 Å². The van der Waals surface area contributed by atoms with Crippen molar-refractivity contribution in [1.29, 1.82) is 0 Å². The van der Waals surface area contributed by atoms with Crippen molar-refractivity contribution in [2.75, 3.05) is 21.3 Å². The van der Waals surface area contributed by atoms with Gasteiger partial charge in [0.2, 0.25) is 0 Å². The second-order valence-electron chi connectivity index (χ2n) is 4.85. The van der Waals surface area contributed by atoms with E-state index in [9.17, 15) is 4.79 Å². The molecule has 3 aromatic rings. The normalized spacial score (nSPS) is 10.6. The fourth-order valence-electron chi connectivity index (χ4n) is 2.55. The molecule has 0 aliphatic heterocycles. The summed E-state index contributed by atoms with van der Waals surface area (Å²) in [6.45, 7) is 0.